The molecular formula is C17H12OS. The van der Waals surface area contributed by atoms with Crippen LogP contribution in [0.3, 0.4) is 0 Å². The normalized spacial score (nSPS) is 10.3. The van der Waals surface area contributed by atoms with Crippen LogP contribution in [0.15, 0.2) is 77.6 Å². The topological polar surface area (TPSA) is 17.1 Å². The van der Waals surface area contributed by atoms with Gasteiger partial charge in [0.15, 0.2) is 0 Å². The molecule has 0 saturated heterocycles. The highest BCUT2D eigenvalue weighted by molar-refractivity contribution is 7.13. The molecule has 0 radical (unpaired) electrons. The zero-order valence-electron chi connectivity index (χ0n) is 10.2. The lowest BCUT2D eigenvalue weighted by atomic mass is 10.1. The van der Waals surface area contributed by atoms with E-state index in [0.29, 0.717) is 0 Å². The van der Waals surface area contributed by atoms with Gasteiger partial charge in [-0.15, -0.1) is 0 Å². The van der Waals surface area contributed by atoms with E-state index in [0.717, 1.165) is 21.6 Å². The molecule has 3 aromatic rings. The van der Waals surface area contributed by atoms with Crippen LogP contribution in [0.2, 0.25) is 0 Å². The minimum atomic E-state index is 0.104. The van der Waals surface area contributed by atoms with Crippen LogP contribution in [0.25, 0.3) is 21.6 Å². The summed E-state index contributed by atoms with van der Waals surface area (Å²) in [7, 11) is 0. The Morgan fingerprint density at radius 3 is 1.79 bits per heavy atom. The van der Waals surface area contributed by atoms with Gasteiger partial charge in [-0.3, -0.25) is 4.79 Å². The van der Waals surface area contributed by atoms with Crippen LogP contribution in [0.5, 0.6) is 0 Å². The van der Waals surface area contributed by atoms with E-state index in [9.17, 15) is 4.79 Å². The molecule has 1 nitrogen and oxygen atoms in total. The molecule has 3 rings (SSSR count). The van der Waals surface area contributed by atoms with E-state index in [-0.39, 0.29) is 4.74 Å². The minimum absolute atomic E-state index is 0.104. The highest BCUT2D eigenvalue weighted by atomic mass is 32.1. The van der Waals surface area contributed by atoms with Gasteiger partial charge in [0.05, 0.1) is 0 Å². The first kappa shape index (κ1) is 11.9. The van der Waals surface area contributed by atoms with Gasteiger partial charge in [0.25, 0.3) is 0 Å². The first-order chi connectivity index (χ1) is 9.34. The third kappa shape index (κ3) is 2.49. The second-order valence-corrected chi connectivity index (χ2v) is 5.25. The standard InChI is InChI=1S/C17H12OS/c18-17-15(13-7-3-1-4-8-13)11-12-16(19-17)14-9-5-2-6-10-14/h1-12H. The maximum atomic E-state index is 12.2. The molecule has 0 atom stereocenters. The summed E-state index contributed by atoms with van der Waals surface area (Å²) in [6, 6.07) is 23.7. The Morgan fingerprint density at radius 1 is 0.632 bits per heavy atom. The molecule has 0 aliphatic carbocycles. The molecule has 0 saturated carbocycles. The van der Waals surface area contributed by atoms with Crippen molar-refractivity contribution in [1.29, 1.82) is 0 Å². The van der Waals surface area contributed by atoms with E-state index in [2.05, 4.69) is 0 Å². The Morgan fingerprint density at radius 2 is 1.21 bits per heavy atom. The van der Waals surface area contributed by atoms with Crippen LogP contribution < -0.4 is 4.74 Å². The van der Waals surface area contributed by atoms with Gasteiger partial charge in [0.1, 0.15) is 0 Å². The summed E-state index contributed by atoms with van der Waals surface area (Å²) >= 11 is 1.30. The predicted octanol–water partition coefficient (Wildman–Crippen LogP) is 4.44. The van der Waals surface area contributed by atoms with Crippen molar-refractivity contribution in [3.8, 4) is 21.6 Å². The average Bonchev–Trinajstić information content (AvgIpc) is 2.49. The molecular weight excluding hydrogens is 252 g/mol. The molecule has 0 amide bonds. The maximum Gasteiger partial charge on any atom is 0.240 e. The molecule has 1 aromatic heterocycles. The molecule has 2 aromatic carbocycles. The third-order valence-corrected chi connectivity index (χ3v) is 3.96. The zero-order chi connectivity index (χ0) is 13.1. The fraction of sp³-hybridized carbons (Fsp3) is 0. The average molecular weight is 264 g/mol. The SMILES string of the molecule is O=c1sc(-c2ccccc2)ccc1-c1ccccc1. The monoisotopic (exact) mass is 264 g/mol. The first-order valence-corrected chi connectivity index (χ1v) is 6.91. The number of rotatable bonds is 2. The van der Waals surface area contributed by atoms with Crippen molar-refractivity contribution in [1.82, 2.24) is 0 Å². The van der Waals surface area contributed by atoms with Gasteiger partial charge in [-0.1, -0.05) is 72.0 Å². The van der Waals surface area contributed by atoms with Crippen molar-refractivity contribution in [3.63, 3.8) is 0 Å². The molecule has 92 valence electrons. The molecule has 0 aliphatic heterocycles. The van der Waals surface area contributed by atoms with Crippen LogP contribution in [0.4, 0.5) is 0 Å². The summed E-state index contributed by atoms with van der Waals surface area (Å²) in [6.07, 6.45) is 0. The lowest BCUT2D eigenvalue weighted by Crippen LogP contribution is -1.98. The van der Waals surface area contributed by atoms with Crippen molar-refractivity contribution in [3.05, 3.63) is 82.3 Å². The lowest BCUT2D eigenvalue weighted by molar-refractivity contribution is 1.62. The van der Waals surface area contributed by atoms with Gasteiger partial charge in [0.2, 0.25) is 4.74 Å². The van der Waals surface area contributed by atoms with Crippen LogP contribution >= 0.6 is 11.3 Å². The zero-order valence-corrected chi connectivity index (χ0v) is 11.1. The second-order valence-electron chi connectivity index (χ2n) is 4.23. The highest BCUT2D eigenvalue weighted by Gasteiger charge is 2.05. The van der Waals surface area contributed by atoms with Gasteiger partial charge in [0, 0.05) is 10.4 Å². The highest BCUT2D eigenvalue weighted by Crippen LogP contribution is 2.24. The molecule has 0 bridgehead atoms. The van der Waals surface area contributed by atoms with Crippen LogP contribution in [0.1, 0.15) is 0 Å². The molecule has 0 unspecified atom stereocenters. The van der Waals surface area contributed by atoms with Gasteiger partial charge < -0.3 is 0 Å². The molecule has 0 spiro atoms. The summed E-state index contributed by atoms with van der Waals surface area (Å²) in [4.78, 5) is 13.2. The Labute approximate surface area is 115 Å². The Bertz CT molecular complexity index is 730. The van der Waals surface area contributed by atoms with Crippen molar-refractivity contribution >= 4 is 11.3 Å². The second kappa shape index (κ2) is 5.21. The smallest absolute Gasteiger partial charge is 0.240 e. The van der Waals surface area contributed by atoms with E-state index in [4.69, 9.17) is 0 Å². The first-order valence-electron chi connectivity index (χ1n) is 6.09. The quantitative estimate of drug-likeness (QED) is 0.668. The number of hydrogen-bond donors (Lipinski definition) is 0. The molecule has 0 fully saturated rings. The molecule has 19 heavy (non-hydrogen) atoms. The predicted molar refractivity (Wildman–Crippen MR) is 81.5 cm³/mol. The van der Waals surface area contributed by atoms with Gasteiger partial charge in [-0.2, -0.15) is 0 Å². The molecule has 1 heterocycles. The van der Waals surface area contributed by atoms with Crippen molar-refractivity contribution in [2.45, 2.75) is 0 Å². The Hall–Kier alpha value is -2.19. The molecule has 0 N–H and O–H groups in total. The van der Waals surface area contributed by atoms with Gasteiger partial charge in [-0.25, -0.2) is 0 Å². The maximum absolute atomic E-state index is 12.2. The largest absolute Gasteiger partial charge is 0.277 e. The van der Waals surface area contributed by atoms with Crippen molar-refractivity contribution < 1.29 is 0 Å². The minimum Gasteiger partial charge on any atom is -0.277 e. The number of hydrogen-bond acceptors (Lipinski definition) is 2. The van der Waals surface area contributed by atoms with E-state index in [1.54, 1.807) is 0 Å². The van der Waals surface area contributed by atoms with Crippen molar-refractivity contribution in [2.75, 3.05) is 0 Å². The Balaban J connectivity index is 2.07. The summed E-state index contributed by atoms with van der Waals surface area (Å²) in [6.45, 7) is 0. The van der Waals surface area contributed by atoms with Crippen LogP contribution in [-0.2, 0) is 0 Å². The number of benzene rings is 2. The van der Waals surface area contributed by atoms with Crippen LogP contribution in [-0.4, -0.2) is 0 Å². The molecule has 2 heteroatoms. The summed E-state index contributed by atoms with van der Waals surface area (Å²) < 4.78 is 0.104. The summed E-state index contributed by atoms with van der Waals surface area (Å²) in [5, 5.41) is 0. The van der Waals surface area contributed by atoms with E-state index < -0.39 is 0 Å². The fourth-order valence-electron chi connectivity index (χ4n) is 2.01. The van der Waals surface area contributed by atoms with E-state index in [1.807, 2.05) is 72.8 Å². The lowest BCUT2D eigenvalue weighted by Gasteiger charge is -2.03. The fourth-order valence-corrected chi connectivity index (χ4v) is 2.89. The summed E-state index contributed by atoms with van der Waals surface area (Å²) in [5.74, 6) is 0. The Kier molecular flexibility index (Phi) is 3.25. The van der Waals surface area contributed by atoms with Crippen LogP contribution in [0, 0.1) is 0 Å². The van der Waals surface area contributed by atoms with Gasteiger partial charge in [-0.05, 0) is 23.3 Å². The summed E-state index contributed by atoms with van der Waals surface area (Å²) in [5.41, 5.74) is 2.83. The van der Waals surface area contributed by atoms with Gasteiger partial charge >= 0.3 is 0 Å². The third-order valence-electron chi connectivity index (χ3n) is 2.97. The van der Waals surface area contributed by atoms with E-state index in [1.165, 1.54) is 11.3 Å². The van der Waals surface area contributed by atoms with Crippen molar-refractivity contribution in [2.24, 2.45) is 0 Å². The molecule has 0 aliphatic rings. The van der Waals surface area contributed by atoms with E-state index >= 15 is 0 Å².